The summed E-state index contributed by atoms with van der Waals surface area (Å²) in [6.45, 7) is 16.5. The number of thiol groups is 1. The number of allylic oxidation sites excluding steroid dienone is 2. The molecule has 2 aliphatic carbocycles. The number of methoxy groups -OCH3 is 2. The molecule has 0 spiro atoms. The summed E-state index contributed by atoms with van der Waals surface area (Å²) in [5.74, 6) is -1.08. The highest BCUT2D eigenvalue weighted by Crippen LogP contribution is 2.43. The Morgan fingerprint density at radius 1 is 0.913 bits per heavy atom. The molecule has 0 amide bonds. The standard InChI is InChI=1S/C30H34F2N2O4S2.C11H22.C10H11FN2O3S2/c1-5-6-13-38-28-20(19-9-7-18(8-10-19)17(2)3)11-12-21(27(28)32)29-33-26(16-39-29)40-34-24-15-23(31)22(30(35)36)14-25(24)37-4;1-9(2)10-5-7-11(3,4)8-6-10;1-16-8-2-5(10(14)15)6(11)3-7(8)13-18-9(12)4-17/h9,11-12,14-18,34H,5-8,10,13H2,1-4H3,(H,35,36);9-10H,5-8H2,1-4H3;2-4,13,17H,12H2,1H3,(H,14,15)/b;;9-4+. The molecule has 0 saturated heterocycles. The Bertz CT molecular complexity index is 2420. The summed E-state index contributed by atoms with van der Waals surface area (Å²) in [6, 6.07) is 8.00. The largest absolute Gasteiger partial charge is 0.495 e. The van der Waals surface area contributed by atoms with Gasteiger partial charge in [0.05, 0.1) is 53.9 Å². The van der Waals surface area contributed by atoms with E-state index in [1.807, 2.05) is 6.07 Å². The lowest BCUT2D eigenvalue weighted by atomic mass is 9.70. The minimum absolute atomic E-state index is 0.175. The van der Waals surface area contributed by atoms with Crippen LogP contribution in [-0.2, 0) is 0 Å². The Labute approximate surface area is 423 Å². The Hall–Kier alpha value is -4.65. The monoisotopic (exact) mass is 1030 g/mol. The summed E-state index contributed by atoms with van der Waals surface area (Å²) in [4.78, 5) is 26.5. The van der Waals surface area contributed by atoms with Crippen LogP contribution in [0.15, 0.2) is 63.3 Å². The summed E-state index contributed by atoms with van der Waals surface area (Å²) in [5, 5.41) is 22.4. The van der Waals surface area contributed by atoms with Gasteiger partial charge in [-0.2, -0.15) is 0 Å². The van der Waals surface area contributed by atoms with E-state index in [1.54, 1.807) is 11.4 Å². The molecule has 4 aromatic rings. The average Bonchev–Trinajstić information content (AvgIpc) is 3.79. The van der Waals surface area contributed by atoms with E-state index in [-0.39, 0.29) is 28.6 Å². The van der Waals surface area contributed by atoms with Crippen LogP contribution in [0.3, 0.4) is 0 Å². The second-order valence-corrected chi connectivity index (χ2v) is 21.2. The topological polar surface area (TPSA) is 165 Å². The number of aromatic nitrogens is 1. The van der Waals surface area contributed by atoms with Crippen molar-refractivity contribution in [3.8, 4) is 27.8 Å². The number of hydrogen-bond acceptors (Lipinski definition) is 13. The van der Waals surface area contributed by atoms with Crippen molar-refractivity contribution in [2.24, 2.45) is 34.8 Å². The molecule has 1 heterocycles. The Balaban J connectivity index is 0.000000292. The summed E-state index contributed by atoms with van der Waals surface area (Å²) >= 11 is 7.22. The van der Waals surface area contributed by atoms with Gasteiger partial charge < -0.3 is 39.6 Å². The van der Waals surface area contributed by atoms with E-state index in [9.17, 15) is 18.4 Å². The molecule has 2 aliphatic rings. The van der Waals surface area contributed by atoms with Crippen molar-refractivity contribution in [1.82, 2.24) is 4.98 Å². The fraction of sp³-hybridized carbons (Fsp3) is 0.471. The lowest BCUT2D eigenvalue weighted by Gasteiger charge is -2.36. The Kier molecular flexibility index (Phi) is 22.4. The number of carbonyl (C=O) groups is 2. The zero-order valence-corrected chi connectivity index (χ0v) is 44.2. The molecule has 0 bridgehead atoms. The van der Waals surface area contributed by atoms with Crippen molar-refractivity contribution in [2.75, 3.05) is 30.3 Å². The number of anilines is 2. The van der Waals surface area contributed by atoms with Gasteiger partial charge in [0.25, 0.3) is 0 Å². The summed E-state index contributed by atoms with van der Waals surface area (Å²) in [5.41, 5.74) is 8.02. The van der Waals surface area contributed by atoms with Crippen LogP contribution in [0.5, 0.6) is 17.2 Å². The maximum absolute atomic E-state index is 16.0. The van der Waals surface area contributed by atoms with Crippen molar-refractivity contribution in [3.63, 3.8) is 0 Å². The molecule has 0 radical (unpaired) electrons. The molecular formula is C51H67F3N4O7S4. The summed E-state index contributed by atoms with van der Waals surface area (Å²) in [6.07, 6.45) is 12.8. The summed E-state index contributed by atoms with van der Waals surface area (Å²) in [7, 11) is 2.72. The van der Waals surface area contributed by atoms with E-state index in [4.69, 9.17) is 30.2 Å². The number of nitrogens with one attached hydrogen (secondary N) is 2. The first-order valence-corrected chi connectivity index (χ1v) is 26.0. The van der Waals surface area contributed by atoms with Crippen LogP contribution in [0, 0.1) is 46.5 Å². The van der Waals surface area contributed by atoms with Gasteiger partial charge in [0, 0.05) is 47.0 Å². The average molecular weight is 1030 g/mol. The molecule has 1 unspecified atom stereocenters. The molecule has 11 nitrogen and oxygen atoms in total. The zero-order valence-electron chi connectivity index (χ0n) is 40.8. The van der Waals surface area contributed by atoms with E-state index in [2.05, 4.69) is 81.6 Å². The van der Waals surface area contributed by atoms with E-state index in [1.165, 1.54) is 56.6 Å². The second kappa shape index (κ2) is 27.1. The number of nitrogens with zero attached hydrogens (tertiary/aromatic N) is 1. The number of benzene rings is 3. The number of carboxylic acid groups (broad SMARTS) is 2. The van der Waals surface area contributed by atoms with Crippen molar-refractivity contribution in [3.05, 3.63) is 92.4 Å². The van der Waals surface area contributed by atoms with E-state index >= 15 is 4.39 Å². The molecule has 0 aliphatic heterocycles. The molecule has 1 fully saturated rings. The van der Waals surface area contributed by atoms with Crippen LogP contribution in [0.1, 0.15) is 133 Å². The molecule has 1 aromatic heterocycles. The van der Waals surface area contributed by atoms with Crippen LogP contribution in [0.4, 0.5) is 24.5 Å². The van der Waals surface area contributed by atoms with Gasteiger partial charge in [-0.05, 0) is 110 Å². The van der Waals surface area contributed by atoms with Gasteiger partial charge >= 0.3 is 11.9 Å². The number of unbranched alkanes of at least 4 members (excludes halogenated alkanes) is 1. The number of rotatable bonds is 18. The molecular weight excluding hydrogens is 966 g/mol. The van der Waals surface area contributed by atoms with Gasteiger partial charge in [-0.15, -0.1) is 24.0 Å². The molecule has 1 saturated carbocycles. The highest BCUT2D eigenvalue weighted by molar-refractivity contribution is 8.04. The quantitative estimate of drug-likeness (QED) is 0.0317. The number of aromatic carboxylic acids is 2. The number of nitrogens with two attached hydrogens (primary N) is 1. The maximum Gasteiger partial charge on any atom is 0.338 e. The fourth-order valence-electron chi connectivity index (χ4n) is 7.84. The second-order valence-electron chi connectivity index (χ2n) is 18.4. The van der Waals surface area contributed by atoms with E-state index < -0.39 is 40.5 Å². The SMILES string of the molecule is CC(C)C1CCC(C)(C)CC1.CCCCOc1c(C2=CCC(C(C)C)CC2)ccc(-c2nc(SNc3cc(F)c(C(=O)O)cc3OC)cs2)c1F.COc1cc(C(=O)O)c(F)cc1NS/C(N)=C/S. The van der Waals surface area contributed by atoms with Crippen molar-refractivity contribution >= 4 is 76.7 Å². The normalized spacial score (nSPS) is 15.8. The van der Waals surface area contributed by atoms with Gasteiger partial charge in [0.2, 0.25) is 0 Å². The lowest BCUT2D eigenvalue weighted by Crippen LogP contribution is -2.23. The third-order valence-corrected chi connectivity index (χ3v) is 15.2. The van der Waals surface area contributed by atoms with Crippen molar-refractivity contribution < 1.29 is 47.2 Å². The summed E-state index contributed by atoms with van der Waals surface area (Å²) < 4.78 is 65.6. The number of ether oxygens (including phenoxy) is 3. The van der Waals surface area contributed by atoms with Gasteiger partial charge in [0.1, 0.15) is 33.2 Å². The highest BCUT2D eigenvalue weighted by Gasteiger charge is 2.28. The van der Waals surface area contributed by atoms with E-state index in [0.717, 1.165) is 103 Å². The number of thiazole rings is 1. The molecule has 3 aromatic carbocycles. The lowest BCUT2D eigenvalue weighted by molar-refractivity contribution is 0.0680. The van der Waals surface area contributed by atoms with Gasteiger partial charge in [-0.3, -0.25) is 0 Å². The fourth-order valence-corrected chi connectivity index (χ4v) is 10.0. The van der Waals surface area contributed by atoms with Gasteiger partial charge in [0.15, 0.2) is 11.6 Å². The molecule has 378 valence electrons. The minimum Gasteiger partial charge on any atom is -0.495 e. The van der Waals surface area contributed by atoms with Crippen LogP contribution >= 0.6 is 47.9 Å². The maximum atomic E-state index is 16.0. The van der Waals surface area contributed by atoms with Gasteiger partial charge in [-0.25, -0.2) is 27.7 Å². The molecule has 6 rings (SSSR count). The van der Waals surface area contributed by atoms with Gasteiger partial charge in [-0.1, -0.05) is 67.0 Å². The predicted molar refractivity (Wildman–Crippen MR) is 280 cm³/mol. The third-order valence-electron chi connectivity index (χ3n) is 12.3. The number of carboxylic acids is 2. The van der Waals surface area contributed by atoms with Crippen LogP contribution in [-0.4, -0.2) is 48.0 Å². The number of halogens is 3. The van der Waals surface area contributed by atoms with Crippen molar-refractivity contribution in [2.45, 2.75) is 111 Å². The van der Waals surface area contributed by atoms with Crippen LogP contribution in [0.25, 0.3) is 16.1 Å². The molecule has 1 atom stereocenters. The highest BCUT2D eigenvalue weighted by atomic mass is 32.2. The Morgan fingerprint density at radius 2 is 1.48 bits per heavy atom. The molecule has 6 N–H and O–H groups in total. The van der Waals surface area contributed by atoms with Crippen LogP contribution in [0.2, 0.25) is 0 Å². The molecule has 69 heavy (non-hydrogen) atoms. The zero-order chi connectivity index (χ0) is 51.0. The third kappa shape index (κ3) is 16.5. The predicted octanol–water partition coefficient (Wildman–Crippen LogP) is 15.1. The number of hydrogen-bond donors (Lipinski definition) is 6. The van der Waals surface area contributed by atoms with Crippen LogP contribution < -0.4 is 29.4 Å². The first-order valence-electron chi connectivity index (χ1n) is 23.0. The first kappa shape index (κ1) is 56.9. The van der Waals surface area contributed by atoms with E-state index in [0.29, 0.717) is 44.5 Å². The molecule has 18 heteroatoms. The first-order chi connectivity index (χ1) is 32.7. The Morgan fingerprint density at radius 3 is 1.97 bits per heavy atom. The minimum atomic E-state index is -1.38. The smallest absolute Gasteiger partial charge is 0.338 e. The van der Waals surface area contributed by atoms with Crippen molar-refractivity contribution in [1.29, 1.82) is 0 Å².